The van der Waals surface area contributed by atoms with Gasteiger partial charge in [-0.05, 0) is 55.0 Å². The van der Waals surface area contributed by atoms with Crippen molar-refractivity contribution in [2.24, 2.45) is 0 Å². The predicted octanol–water partition coefficient (Wildman–Crippen LogP) is 6.15. The van der Waals surface area contributed by atoms with E-state index in [0.29, 0.717) is 46.4 Å². The van der Waals surface area contributed by atoms with Crippen LogP contribution < -0.4 is 14.2 Å². The SMILES string of the molecule is COc1cc(COc2nn(-c3ccccc3)cc2C=Cc2nnco2)ccc1OCc1nc(-c2ccco2)oc1C. The quantitative estimate of drug-likeness (QED) is 0.185. The lowest BCUT2D eigenvalue weighted by atomic mass is 10.2. The predicted molar refractivity (Wildman–Crippen MR) is 147 cm³/mol. The van der Waals surface area contributed by atoms with Gasteiger partial charge in [0.15, 0.2) is 17.3 Å². The number of aromatic nitrogens is 5. The van der Waals surface area contributed by atoms with Crippen LogP contribution >= 0.6 is 0 Å². The number of rotatable bonds is 11. The molecule has 4 aromatic heterocycles. The molecule has 0 fully saturated rings. The topological polar surface area (TPSA) is 124 Å². The van der Waals surface area contributed by atoms with Crippen LogP contribution in [-0.2, 0) is 13.2 Å². The van der Waals surface area contributed by atoms with E-state index in [1.54, 1.807) is 36.3 Å². The summed E-state index contributed by atoms with van der Waals surface area (Å²) >= 11 is 0. The molecule has 0 radical (unpaired) electrons. The smallest absolute Gasteiger partial charge is 0.263 e. The molecule has 4 heterocycles. The van der Waals surface area contributed by atoms with Gasteiger partial charge in [0.2, 0.25) is 18.2 Å². The molecule has 0 saturated heterocycles. The highest BCUT2D eigenvalue weighted by molar-refractivity contribution is 5.68. The Bertz CT molecular complexity index is 1740. The van der Waals surface area contributed by atoms with Gasteiger partial charge in [0.1, 0.15) is 24.7 Å². The van der Waals surface area contributed by atoms with E-state index in [4.69, 9.17) is 27.5 Å². The maximum absolute atomic E-state index is 6.14. The Morgan fingerprint density at radius 1 is 0.927 bits per heavy atom. The number of hydrogen-bond acceptors (Lipinski definition) is 10. The molecule has 2 aromatic carbocycles. The molecule has 11 heteroatoms. The highest BCUT2D eigenvalue weighted by Crippen LogP contribution is 2.31. The summed E-state index contributed by atoms with van der Waals surface area (Å²) in [5, 5.41) is 12.2. The second-order valence-corrected chi connectivity index (χ2v) is 8.84. The maximum atomic E-state index is 6.14. The summed E-state index contributed by atoms with van der Waals surface area (Å²) in [6.45, 7) is 2.29. The van der Waals surface area contributed by atoms with Gasteiger partial charge < -0.3 is 27.5 Å². The first kappa shape index (κ1) is 25.7. The van der Waals surface area contributed by atoms with E-state index in [1.807, 2.05) is 67.7 Å². The van der Waals surface area contributed by atoms with Crippen molar-refractivity contribution in [1.29, 1.82) is 0 Å². The highest BCUT2D eigenvalue weighted by Gasteiger charge is 2.16. The number of para-hydroxylation sites is 1. The van der Waals surface area contributed by atoms with E-state index in [1.165, 1.54) is 6.39 Å². The van der Waals surface area contributed by atoms with Crippen LogP contribution in [0, 0.1) is 6.92 Å². The molecule has 0 aliphatic carbocycles. The Morgan fingerprint density at radius 2 is 1.83 bits per heavy atom. The lowest BCUT2D eigenvalue weighted by molar-refractivity contribution is 0.275. The maximum Gasteiger partial charge on any atom is 0.263 e. The van der Waals surface area contributed by atoms with Crippen molar-refractivity contribution in [3.8, 4) is 34.7 Å². The van der Waals surface area contributed by atoms with Crippen LogP contribution in [-0.4, -0.2) is 32.1 Å². The van der Waals surface area contributed by atoms with Crippen molar-refractivity contribution in [2.75, 3.05) is 7.11 Å². The third-order valence-corrected chi connectivity index (χ3v) is 6.10. The van der Waals surface area contributed by atoms with E-state index in [2.05, 4.69) is 20.3 Å². The largest absolute Gasteiger partial charge is 0.493 e. The fraction of sp³-hybridized carbons (Fsp3) is 0.133. The Labute approximate surface area is 234 Å². The minimum Gasteiger partial charge on any atom is -0.493 e. The minimum atomic E-state index is 0.203. The third kappa shape index (κ3) is 5.88. The second-order valence-electron chi connectivity index (χ2n) is 8.84. The van der Waals surface area contributed by atoms with E-state index >= 15 is 0 Å². The fourth-order valence-electron chi connectivity index (χ4n) is 4.01. The molecule has 0 bridgehead atoms. The van der Waals surface area contributed by atoms with Crippen LogP contribution in [0.4, 0.5) is 0 Å². The lowest BCUT2D eigenvalue weighted by Crippen LogP contribution is -2.02. The first-order valence-electron chi connectivity index (χ1n) is 12.7. The molecule has 0 amide bonds. The van der Waals surface area contributed by atoms with Crippen molar-refractivity contribution in [3.63, 3.8) is 0 Å². The molecule has 0 saturated carbocycles. The van der Waals surface area contributed by atoms with Crippen molar-refractivity contribution >= 4 is 12.2 Å². The fourth-order valence-corrected chi connectivity index (χ4v) is 4.01. The van der Waals surface area contributed by atoms with Crippen molar-refractivity contribution < 1.29 is 27.5 Å². The summed E-state index contributed by atoms with van der Waals surface area (Å²) in [5.41, 5.74) is 3.18. The molecule has 0 aliphatic heterocycles. The second kappa shape index (κ2) is 11.7. The third-order valence-electron chi connectivity index (χ3n) is 6.10. The van der Waals surface area contributed by atoms with E-state index < -0.39 is 0 Å². The number of methoxy groups -OCH3 is 1. The van der Waals surface area contributed by atoms with Gasteiger partial charge in [-0.2, -0.15) is 0 Å². The lowest BCUT2D eigenvalue weighted by Gasteiger charge is -2.12. The van der Waals surface area contributed by atoms with Crippen LogP contribution in [0.15, 0.2) is 92.8 Å². The number of ether oxygens (including phenoxy) is 3. The molecule has 0 spiro atoms. The molecule has 11 nitrogen and oxygen atoms in total. The molecule has 0 N–H and O–H groups in total. The van der Waals surface area contributed by atoms with Gasteiger partial charge in [-0.25, -0.2) is 9.67 Å². The average molecular weight is 552 g/mol. The van der Waals surface area contributed by atoms with Gasteiger partial charge in [-0.1, -0.05) is 24.3 Å². The number of furan rings is 1. The molecule has 6 aromatic rings. The van der Waals surface area contributed by atoms with Crippen LogP contribution in [0.2, 0.25) is 0 Å². The average Bonchev–Trinajstić information content (AvgIpc) is 3.82. The standard InChI is InChI=1S/C30H25N5O6/c1-20-24(32-30(41-20)26-9-6-14-37-26)18-38-25-12-10-21(15-27(25)36-2)17-39-29-22(11-13-28-33-31-19-40-28)16-35(34-29)23-7-4-3-5-8-23/h3-16,19H,17-18H2,1-2H3. The number of aryl methyl sites for hydroxylation is 1. The van der Waals surface area contributed by atoms with Crippen LogP contribution in [0.5, 0.6) is 17.4 Å². The molecule has 0 unspecified atom stereocenters. The Hall–Kier alpha value is -5.58. The van der Waals surface area contributed by atoms with Gasteiger partial charge in [-0.3, -0.25) is 0 Å². The van der Waals surface area contributed by atoms with Gasteiger partial charge in [-0.15, -0.1) is 15.3 Å². The van der Waals surface area contributed by atoms with E-state index in [0.717, 1.165) is 16.8 Å². The Morgan fingerprint density at radius 3 is 2.61 bits per heavy atom. The summed E-state index contributed by atoms with van der Waals surface area (Å²) in [6, 6.07) is 18.9. The van der Waals surface area contributed by atoms with Crippen molar-refractivity contribution in [2.45, 2.75) is 20.1 Å². The molecule has 206 valence electrons. The molecular weight excluding hydrogens is 526 g/mol. The summed E-state index contributed by atoms with van der Waals surface area (Å²) in [7, 11) is 1.59. The van der Waals surface area contributed by atoms with Crippen molar-refractivity contribution in [1.82, 2.24) is 25.0 Å². The van der Waals surface area contributed by atoms with Crippen LogP contribution in [0.3, 0.4) is 0 Å². The zero-order chi connectivity index (χ0) is 28.0. The van der Waals surface area contributed by atoms with Gasteiger partial charge >= 0.3 is 0 Å². The first-order valence-corrected chi connectivity index (χ1v) is 12.7. The molecule has 41 heavy (non-hydrogen) atoms. The zero-order valence-electron chi connectivity index (χ0n) is 22.3. The highest BCUT2D eigenvalue weighted by atomic mass is 16.5. The van der Waals surface area contributed by atoms with Crippen LogP contribution in [0.25, 0.3) is 29.5 Å². The number of benzene rings is 2. The van der Waals surface area contributed by atoms with Gasteiger partial charge in [0.25, 0.3) is 5.89 Å². The van der Waals surface area contributed by atoms with Crippen LogP contribution in [0.1, 0.15) is 28.5 Å². The minimum absolute atomic E-state index is 0.203. The number of nitrogens with zero attached hydrogens (tertiary/aromatic N) is 5. The summed E-state index contributed by atoms with van der Waals surface area (Å²) in [5.74, 6) is 3.56. The summed E-state index contributed by atoms with van der Waals surface area (Å²) in [4.78, 5) is 4.49. The molecule has 0 aliphatic rings. The van der Waals surface area contributed by atoms with E-state index in [-0.39, 0.29) is 13.2 Å². The van der Waals surface area contributed by atoms with E-state index in [9.17, 15) is 0 Å². The van der Waals surface area contributed by atoms with Gasteiger partial charge in [0, 0.05) is 12.3 Å². The summed E-state index contributed by atoms with van der Waals surface area (Å²) in [6.07, 6.45) is 8.24. The molecule has 6 rings (SSSR count). The summed E-state index contributed by atoms with van der Waals surface area (Å²) < 4.78 is 35.8. The molecular formula is C30H25N5O6. The number of hydrogen-bond donors (Lipinski definition) is 0. The Balaban J connectivity index is 1.16. The zero-order valence-corrected chi connectivity index (χ0v) is 22.3. The first-order chi connectivity index (χ1) is 20.2. The van der Waals surface area contributed by atoms with Crippen molar-refractivity contribution in [3.05, 3.63) is 108 Å². The monoisotopic (exact) mass is 551 g/mol. The molecule has 0 atom stereocenters. The number of oxazole rings is 1. The normalized spacial score (nSPS) is 11.3. The Kier molecular flexibility index (Phi) is 7.30. The van der Waals surface area contributed by atoms with Gasteiger partial charge in [0.05, 0.1) is 24.6 Å².